The van der Waals surface area contributed by atoms with Crippen LogP contribution in [0.3, 0.4) is 0 Å². The van der Waals surface area contributed by atoms with Crippen LogP contribution < -0.4 is 0 Å². The summed E-state index contributed by atoms with van der Waals surface area (Å²) in [4.78, 5) is 13.4. The summed E-state index contributed by atoms with van der Waals surface area (Å²) in [5.41, 5.74) is 0.931. The minimum Gasteiger partial charge on any atom is -0.445 e. The maximum atomic E-state index is 11.9. The molecule has 108 valence electrons. The number of amides is 1. The lowest BCUT2D eigenvalue weighted by atomic mass is 10.2. The van der Waals surface area contributed by atoms with Gasteiger partial charge in [-0.3, -0.25) is 0 Å². The Morgan fingerprint density at radius 2 is 2.15 bits per heavy atom. The average Bonchev–Trinajstić information content (AvgIpc) is 2.85. The molecule has 1 aliphatic heterocycles. The van der Waals surface area contributed by atoms with E-state index < -0.39 is 12.2 Å². The van der Waals surface area contributed by atoms with Crippen molar-refractivity contribution >= 4 is 6.09 Å². The first-order valence-electron chi connectivity index (χ1n) is 6.57. The fourth-order valence-electron chi connectivity index (χ4n) is 2.07. The zero-order valence-corrected chi connectivity index (χ0v) is 11.3. The fourth-order valence-corrected chi connectivity index (χ4v) is 2.07. The van der Waals surface area contributed by atoms with Crippen LogP contribution in [0.15, 0.2) is 43.0 Å². The lowest BCUT2D eigenvalue weighted by molar-refractivity contribution is 0.00457. The van der Waals surface area contributed by atoms with Crippen LogP contribution in [0.1, 0.15) is 5.56 Å². The van der Waals surface area contributed by atoms with Crippen LogP contribution in [0.5, 0.6) is 0 Å². The minimum absolute atomic E-state index is 0.227. The number of benzene rings is 1. The molecule has 1 fully saturated rings. The first-order chi connectivity index (χ1) is 9.70. The molecule has 0 spiro atoms. The van der Waals surface area contributed by atoms with E-state index in [-0.39, 0.29) is 19.3 Å². The van der Waals surface area contributed by atoms with Crippen molar-refractivity contribution in [3.05, 3.63) is 48.6 Å². The molecular weight excluding hydrogens is 258 g/mol. The Morgan fingerprint density at radius 1 is 1.40 bits per heavy atom. The van der Waals surface area contributed by atoms with Gasteiger partial charge in [-0.25, -0.2) is 4.79 Å². The van der Waals surface area contributed by atoms with Crippen LogP contribution in [0, 0.1) is 0 Å². The molecule has 0 unspecified atom stereocenters. The summed E-state index contributed by atoms with van der Waals surface area (Å²) in [5, 5.41) is 9.81. The van der Waals surface area contributed by atoms with Crippen LogP contribution in [0.4, 0.5) is 4.79 Å². The molecule has 2 atom stereocenters. The maximum absolute atomic E-state index is 11.9. The van der Waals surface area contributed by atoms with Crippen LogP contribution in [-0.2, 0) is 16.1 Å². The Hall–Kier alpha value is -1.85. The molecule has 1 aliphatic rings. The van der Waals surface area contributed by atoms with E-state index in [0.717, 1.165) is 5.56 Å². The Bertz CT molecular complexity index is 448. The number of carbonyl (C=O) groups is 1. The van der Waals surface area contributed by atoms with Gasteiger partial charge < -0.3 is 19.5 Å². The molecule has 20 heavy (non-hydrogen) atoms. The van der Waals surface area contributed by atoms with Crippen molar-refractivity contribution < 1.29 is 19.4 Å². The number of hydrogen-bond acceptors (Lipinski definition) is 4. The van der Waals surface area contributed by atoms with Crippen molar-refractivity contribution in [2.24, 2.45) is 0 Å². The molecule has 0 aliphatic carbocycles. The second-order valence-electron chi connectivity index (χ2n) is 4.67. The normalized spacial score (nSPS) is 21.8. The summed E-state index contributed by atoms with van der Waals surface area (Å²) < 4.78 is 10.6. The summed E-state index contributed by atoms with van der Waals surface area (Å²) in [7, 11) is 0. The summed E-state index contributed by atoms with van der Waals surface area (Å²) in [6, 6.07) is 9.47. The monoisotopic (exact) mass is 277 g/mol. The Morgan fingerprint density at radius 3 is 2.85 bits per heavy atom. The Kier molecular flexibility index (Phi) is 5.15. The first-order valence-corrected chi connectivity index (χ1v) is 6.57. The van der Waals surface area contributed by atoms with Crippen LogP contribution >= 0.6 is 0 Å². The van der Waals surface area contributed by atoms with Gasteiger partial charge in [-0.05, 0) is 5.56 Å². The predicted molar refractivity (Wildman–Crippen MR) is 74.1 cm³/mol. The van der Waals surface area contributed by atoms with Crippen molar-refractivity contribution in [1.29, 1.82) is 0 Å². The topological polar surface area (TPSA) is 59.0 Å². The van der Waals surface area contributed by atoms with E-state index in [1.165, 1.54) is 4.90 Å². The Labute approximate surface area is 118 Å². The third-order valence-electron chi connectivity index (χ3n) is 3.13. The van der Waals surface area contributed by atoms with E-state index in [2.05, 4.69) is 6.58 Å². The predicted octanol–water partition coefficient (Wildman–Crippen LogP) is 1.57. The number of rotatable bonds is 5. The molecule has 1 N–H and O–H groups in total. The molecule has 5 heteroatoms. The fraction of sp³-hybridized carbons (Fsp3) is 0.400. The number of β-amino-alcohol motifs (C(OH)–C–C–N with tert-alkyl or cyclic N) is 1. The van der Waals surface area contributed by atoms with Crippen LogP contribution in [0.25, 0.3) is 0 Å². The number of aliphatic hydroxyl groups excluding tert-OH is 1. The molecule has 1 saturated heterocycles. The third-order valence-corrected chi connectivity index (χ3v) is 3.13. The quantitative estimate of drug-likeness (QED) is 0.830. The van der Waals surface area contributed by atoms with Crippen molar-refractivity contribution in [1.82, 2.24) is 4.90 Å². The smallest absolute Gasteiger partial charge is 0.410 e. The van der Waals surface area contributed by atoms with Crippen molar-refractivity contribution in [3.63, 3.8) is 0 Å². The lowest BCUT2D eigenvalue weighted by Crippen LogP contribution is -2.30. The van der Waals surface area contributed by atoms with Crippen molar-refractivity contribution in [3.8, 4) is 0 Å². The zero-order chi connectivity index (χ0) is 14.4. The maximum Gasteiger partial charge on any atom is 0.410 e. The molecule has 1 aromatic rings. The van der Waals surface area contributed by atoms with E-state index in [1.54, 1.807) is 6.08 Å². The molecule has 2 rings (SSSR count). The average molecular weight is 277 g/mol. The van der Waals surface area contributed by atoms with E-state index >= 15 is 0 Å². The van der Waals surface area contributed by atoms with Gasteiger partial charge in [0.15, 0.2) is 0 Å². The summed E-state index contributed by atoms with van der Waals surface area (Å²) >= 11 is 0. The van der Waals surface area contributed by atoms with E-state index in [9.17, 15) is 9.90 Å². The standard InChI is InChI=1S/C15H19NO4/c1-2-8-19-14-10-16(9-13(14)17)15(18)20-11-12-6-4-3-5-7-12/h2-7,13-14,17H,1,8-11H2/t13-,14+/m1/s1. The molecule has 5 nitrogen and oxygen atoms in total. The highest BCUT2D eigenvalue weighted by atomic mass is 16.6. The molecule has 0 saturated carbocycles. The first kappa shape index (κ1) is 14.6. The van der Waals surface area contributed by atoms with Gasteiger partial charge in [0.25, 0.3) is 0 Å². The molecule has 0 aromatic heterocycles. The molecule has 0 radical (unpaired) electrons. The highest BCUT2D eigenvalue weighted by molar-refractivity contribution is 5.68. The molecule has 1 heterocycles. The Balaban J connectivity index is 1.80. The largest absolute Gasteiger partial charge is 0.445 e. The van der Waals surface area contributed by atoms with E-state index in [0.29, 0.717) is 13.2 Å². The number of hydrogen-bond donors (Lipinski definition) is 1. The minimum atomic E-state index is -0.681. The number of aliphatic hydroxyl groups is 1. The highest BCUT2D eigenvalue weighted by Crippen LogP contribution is 2.15. The highest BCUT2D eigenvalue weighted by Gasteiger charge is 2.35. The van der Waals surface area contributed by atoms with Gasteiger partial charge in [0.2, 0.25) is 0 Å². The zero-order valence-electron chi connectivity index (χ0n) is 11.3. The number of carbonyl (C=O) groups excluding carboxylic acids is 1. The van der Waals surface area contributed by atoms with E-state index in [1.807, 2.05) is 30.3 Å². The molecular formula is C15H19NO4. The van der Waals surface area contributed by atoms with Gasteiger partial charge in [0.1, 0.15) is 12.7 Å². The number of ether oxygens (including phenoxy) is 2. The summed E-state index contributed by atoms with van der Waals surface area (Å²) in [6.07, 6.45) is 0.123. The lowest BCUT2D eigenvalue weighted by Gasteiger charge is -2.16. The molecule has 0 bridgehead atoms. The number of nitrogens with zero attached hydrogens (tertiary/aromatic N) is 1. The van der Waals surface area contributed by atoms with Crippen LogP contribution in [-0.4, -0.2) is 48.0 Å². The second-order valence-corrected chi connectivity index (χ2v) is 4.67. The SMILES string of the molecule is C=CCO[C@H]1CN(C(=O)OCc2ccccc2)C[C@H]1O. The second kappa shape index (κ2) is 7.07. The van der Waals surface area contributed by atoms with E-state index in [4.69, 9.17) is 9.47 Å². The van der Waals surface area contributed by atoms with Gasteiger partial charge in [-0.1, -0.05) is 36.4 Å². The molecule has 1 amide bonds. The summed E-state index contributed by atoms with van der Waals surface area (Å²) in [5.74, 6) is 0. The summed E-state index contributed by atoms with van der Waals surface area (Å²) in [6.45, 7) is 4.70. The van der Waals surface area contributed by atoms with Gasteiger partial charge in [-0.15, -0.1) is 6.58 Å². The van der Waals surface area contributed by atoms with Crippen molar-refractivity contribution in [2.75, 3.05) is 19.7 Å². The molecule has 1 aromatic carbocycles. The van der Waals surface area contributed by atoms with Gasteiger partial charge >= 0.3 is 6.09 Å². The number of likely N-dealkylation sites (tertiary alicyclic amines) is 1. The van der Waals surface area contributed by atoms with Gasteiger partial charge in [0.05, 0.1) is 25.8 Å². The van der Waals surface area contributed by atoms with Crippen LogP contribution in [0.2, 0.25) is 0 Å². The van der Waals surface area contributed by atoms with Crippen molar-refractivity contribution in [2.45, 2.75) is 18.8 Å². The third kappa shape index (κ3) is 3.82. The van der Waals surface area contributed by atoms with Gasteiger partial charge in [0, 0.05) is 0 Å². The van der Waals surface area contributed by atoms with Gasteiger partial charge in [-0.2, -0.15) is 0 Å².